The number of anilines is 1. The summed E-state index contributed by atoms with van der Waals surface area (Å²) in [5.41, 5.74) is 2.19. The molecule has 0 aliphatic heterocycles. The van der Waals surface area contributed by atoms with Gasteiger partial charge in [-0.25, -0.2) is 4.39 Å². The van der Waals surface area contributed by atoms with Crippen LogP contribution in [0.4, 0.5) is 10.1 Å². The van der Waals surface area contributed by atoms with Gasteiger partial charge in [-0.05, 0) is 54.8 Å². The molecular formula is C29H29FN6O3. The molecule has 1 heterocycles. The van der Waals surface area contributed by atoms with Crippen LogP contribution in [0.5, 0.6) is 5.75 Å². The van der Waals surface area contributed by atoms with E-state index in [1.54, 1.807) is 18.2 Å². The topological polar surface area (TPSA) is 113 Å². The molecule has 2 N–H and O–H groups in total. The highest BCUT2D eigenvalue weighted by molar-refractivity contribution is 6.01. The summed E-state index contributed by atoms with van der Waals surface area (Å²) < 4.78 is 15.2. The number of nitrogens with zero attached hydrogens (tertiary/aromatic N) is 5. The van der Waals surface area contributed by atoms with Crippen LogP contribution in [0.3, 0.4) is 0 Å². The number of para-hydroxylation sites is 1. The molecule has 0 radical (unpaired) electrons. The number of nitrogens with one attached hydrogen (secondary N) is 1. The maximum Gasteiger partial charge on any atom is 0.251 e. The first kappa shape index (κ1) is 26.0. The summed E-state index contributed by atoms with van der Waals surface area (Å²) in [6, 6.07) is 18.1. The molecule has 3 aromatic carbocycles. The van der Waals surface area contributed by atoms with Crippen LogP contribution in [0.1, 0.15) is 42.9 Å². The van der Waals surface area contributed by atoms with E-state index in [-0.39, 0.29) is 24.0 Å². The number of amides is 2. The van der Waals surface area contributed by atoms with Crippen molar-refractivity contribution in [3.8, 4) is 17.1 Å². The molecule has 0 bridgehead atoms. The van der Waals surface area contributed by atoms with E-state index in [9.17, 15) is 14.7 Å². The van der Waals surface area contributed by atoms with Gasteiger partial charge in [-0.1, -0.05) is 66.9 Å². The molecule has 10 heteroatoms. The Balaban J connectivity index is 1.51. The van der Waals surface area contributed by atoms with Crippen LogP contribution in [-0.2, 0) is 16.1 Å². The van der Waals surface area contributed by atoms with Gasteiger partial charge in [0.1, 0.15) is 24.2 Å². The van der Waals surface area contributed by atoms with Crippen LogP contribution in [0, 0.1) is 12.7 Å². The largest absolute Gasteiger partial charge is 0.508 e. The predicted octanol–water partition coefficient (Wildman–Crippen LogP) is 4.33. The van der Waals surface area contributed by atoms with Gasteiger partial charge in [0, 0.05) is 11.6 Å². The van der Waals surface area contributed by atoms with Crippen molar-refractivity contribution < 1.29 is 19.1 Å². The zero-order valence-electron chi connectivity index (χ0n) is 21.5. The number of carbonyl (C=O) groups excluding carboxylic acids is 2. The van der Waals surface area contributed by atoms with Gasteiger partial charge in [0.15, 0.2) is 0 Å². The molecule has 1 saturated carbocycles. The lowest BCUT2D eigenvalue weighted by Gasteiger charge is -2.32. The fourth-order valence-corrected chi connectivity index (χ4v) is 4.81. The van der Waals surface area contributed by atoms with E-state index in [0.717, 1.165) is 46.5 Å². The summed E-state index contributed by atoms with van der Waals surface area (Å²) in [4.78, 5) is 29.9. The van der Waals surface area contributed by atoms with Gasteiger partial charge < -0.3 is 10.4 Å². The van der Waals surface area contributed by atoms with E-state index >= 15 is 4.39 Å². The van der Waals surface area contributed by atoms with Crippen molar-refractivity contribution in [1.29, 1.82) is 0 Å². The van der Waals surface area contributed by atoms with Crippen LogP contribution >= 0.6 is 0 Å². The van der Waals surface area contributed by atoms with Crippen molar-refractivity contribution in [3.63, 3.8) is 0 Å². The number of carbonyl (C=O) groups is 2. The Bertz CT molecular complexity index is 1450. The standard InChI is InChI=1S/C29H29FN6O3/c1-19-10-12-21(13-11-19)28-32-34-35(33-28)18-26(38)36(25-9-5-4-8-24(25)30)27(20-14-16-23(37)17-15-20)29(39)31-22-6-2-3-7-22/h4-5,8-17,22,27,37H,2-3,6-7,18H2,1H3,(H,31,39)/t27-/m1/s1. The fraction of sp³-hybridized carbons (Fsp3) is 0.276. The summed E-state index contributed by atoms with van der Waals surface area (Å²) in [7, 11) is 0. The maximum atomic E-state index is 15.2. The maximum absolute atomic E-state index is 15.2. The number of tetrazole rings is 1. The zero-order chi connectivity index (χ0) is 27.4. The first-order chi connectivity index (χ1) is 18.9. The van der Waals surface area contributed by atoms with Gasteiger partial charge in [-0.3, -0.25) is 14.5 Å². The van der Waals surface area contributed by atoms with E-state index in [1.165, 1.54) is 30.3 Å². The lowest BCUT2D eigenvalue weighted by Crippen LogP contribution is -2.47. The van der Waals surface area contributed by atoms with Crippen LogP contribution in [0.15, 0.2) is 72.8 Å². The van der Waals surface area contributed by atoms with Crippen molar-refractivity contribution in [1.82, 2.24) is 25.5 Å². The highest BCUT2D eigenvalue weighted by Crippen LogP contribution is 2.32. The highest BCUT2D eigenvalue weighted by atomic mass is 19.1. The minimum Gasteiger partial charge on any atom is -0.508 e. The van der Waals surface area contributed by atoms with Crippen molar-refractivity contribution in [3.05, 3.63) is 89.7 Å². The number of halogens is 1. The molecule has 1 aliphatic carbocycles. The molecule has 4 aromatic rings. The summed E-state index contributed by atoms with van der Waals surface area (Å²) in [5.74, 6) is -1.35. The number of aryl methyl sites for hydroxylation is 1. The van der Waals surface area contributed by atoms with Crippen LogP contribution < -0.4 is 10.2 Å². The predicted molar refractivity (Wildman–Crippen MR) is 143 cm³/mol. The molecular weight excluding hydrogens is 499 g/mol. The third-order valence-corrected chi connectivity index (χ3v) is 6.84. The zero-order valence-corrected chi connectivity index (χ0v) is 21.5. The smallest absolute Gasteiger partial charge is 0.251 e. The summed E-state index contributed by atoms with van der Waals surface area (Å²) in [5, 5.41) is 25.3. The highest BCUT2D eigenvalue weighted by Gasteiger charge is 2.36. The summed E-state index contributed by atoms with van der Waals surface area (Å²) in [6.07, 6.45) is 3.69. The van der Waals surface area contributed by atoms with E-state index in [2.05, 4.69) is 20.7 Å². The first-order valence-electron chi connectivity index (χ1n) is 12.9. The van der Waals surface area contributed by atoms with Gasteiger partial charge in [0.2, 0.25) is 11.7 Å². The molecule has 0 spiro atoms. The number of aromatic hydroxyl groups is 1. The van der Waals surface area contributed by atoms with Crippen molar-refractivity contribution >= 4 is 17.5 Å². The van der Waals surface area contributed by atoms with Gasteiger partial charge in [-0.2, -0.15) is 4.80 Å². The molecule has 0 saturated heterocycles. The lowest BCUT2D eigenvalue weighted by molar-refractivity contribution is -0.127. The Morgan fingerprint density at radius 3 is 2.44 bits per heavy atom. The summed E-state index contributed by atoms with van der Waals surface area (Å²) in [6.45, 7) is 1.59. The molecule has 39 heavy (non-hydrogen) atoms. The monoisotopic (exact) mass is 528 g/mol. The number of phenolic OH excluding ortho intramolecular Hbond substituents is 1. The summed E-state index contributed by atoms with van der Waals surface area (Å²) >= 11 is 0. The second kappa shape index (κ2) is 11.4. The van der Waals surface area contributed by atoms with Crippen molar-refractivity contribution in [2.24, 2.45) is 0 Å². The van der Waals surface area contributed by atoms with E-state index < -0.39 is 23.7 Å². The molecule has 2 amide bonds. The SMILES string of the molecule is Cc1ccc(-c2nnn(CC(=O)N(c3ccccc3F)[C@@H](C(=O)NC3CCCC3)c3ccc(O)cc3)n2)cc1. The second-order valence-corrected chi connectivity index (χ2v) is 9.71. The van der Waals surface area contributed by atoms with E-state index in [1.807, 2.05) is 31.2 Å². The molecule has 1 fully saturated rings. The minimum atomic E-state index is -1.20. The molecule has 1 atom stereocenters. The average molecular weight is 529 g/mol. The quantitative estimate of drug-likeness (QED) is 0.352. The molecule has 1 aromatic heterocycles. The Kier molecular flexibility index (Phi) is 7.62. The third kappa shape index (κ3) is 5.95. The van der Waals surface area contributed by atoms with Gasteiger partial charge >= 0.3 is 0 Å². The average Bonchev–Trinajstić information content (AvgIpc) is 3.61. The molecule has 5 rings (SSSR count). The Labute approximate surface area is 225 Å². The van der Waals surface area contributed by atoms with Gasteiger partial charge in [0.05, 0.1) is 5.69 Å². The molecule has 0 unspecified atom stereocenters. The van der Waals surface area contributed by atoms with Crippen LogP contribution in [0.25, 0.3) is 11.4 Å². The number of aromatic nitrogens is 4. The second-order valence-electron chi connectivity index (χ2n) is 9.71. The number of rotatable bonds is 8. The Morgan fingerprint density at radius 2 is 1.74 bits per heavy atom. The van der Waals surface area contributed by atoms with Crippen LogP contribution in [-0.4, -0.2) is 43.2 Å². The van der Waals surface area contributed by atoms with Gasteiger partial charge in [0.25, 0.3) is 5.91 Å². The normalized spacial score (nSPS) is 14.2. The number of phenols is 1. The first-order valence-corrected chi connectivity index (χ1v) is 12.9. The van der Waals surface area contributed by atoms with Crippen molar-refractivity contribution in [2.45, 2.75) is 51.2 Å². The number of benzene rings is 3. The van der Waals surface area contributed by atoms with E-state index in [4.69, 9.17) is 0 Å². The molecule has 1 aliphatic rings. The van der Waals surface area contributed by atoms with Crippen LogP contribution in [0.2, 0.25) is 0 Å². The number of hydrogen-bond acceptors (Lipinski definition) is 6. The number of hydrogen-bond donors (Lipinski definition) is 2. The Morgan fingerprint density at radius 1 is 1.05 bits per heavy atom. The molecule has 200 valence electrons. The van der Waals surface area contributed by atoms with Crippen molar-refractivity contribution in [2.75, 3.05) is 4.90 Å². The van der Waals surface area contributed by atoms with Gasteiger partial charge in [-0.15, -0.1) is 10.2 Å². The van der Waals surface area contributed by atoms with E-state index in [0.29, 0.717) is 11.4 Å². The lowest BCUT2D eigenvalue weighted by atomic mass is 10.0. The third-order valence-electron chi connectivity index (χ3n) is 6.84. The molecule has 9 nitrogen and oxygen atoms in total. The Hall–Kier alpha value is -4.60. The minimum absolute atomic E-state index is 0.00733. The fourth-order valence-electron chi connectivity index (χ4n) is 4.81.